The Bertz CT molecular complexity index is 1000. The topological polar surface area (TPSA) is 113 Å². The van der Waals surface area contributed by atoms with Crippen molar-refractivity contribution in [3.05, 3.63) is 79.9 Å². The fraction of sp³-hybridized carbons (Fsp3) is 0.0625. The number of hydrogen-bond donors (Lipinski definition) is 1. The van der Waals surface area contributed by atoms with Gasteiger partial charge in [-0.1, -0.05) is 12.1 Å². The molecule has 0 bridgehead atoms. The fourth-order valence-electron chi connectivity index (χ4n) is 2.26. The minimum absolute atomic E-state index is 0.148. The molecule has 0 atom stereocenters. The summed E-state index contributed by atoms with van der Waals surface area (Å²) in [6.45, 7) is 0. The van der Waals surface area contributed by atoms with Gasteiger partial charge in [-0.05, 0) is 23.8 Å². The number of fused-ring (bicyclic) bond motifs is 1. The molecule has 3 rings (SSSR count). The number of rotatable bonds is 3. The van der Waals surface area contributed by atoms with Crippen molar-refractivity contribution < 1.29 is 4.92 Å². The highest BCUT2D eigenvalue weighted by molar-refractivity contribution is 5.80. The Labute approximate surface area is 130 Å². The Morgan fingerprint density at radius 2 is 1.96 bits per heavy atom. The summed E-state index contributed by atoms with van der Waals surface area (Å²) in [6.07, 6.45) is 0.397. The molecule has 1 N–H and O–H groups in total. The van der Waals surface area contributed by atoms with Gasteiger partial charge in [0.2, 0.25) is 0 Å². The van der Waals surface area contributed by atoms with Crippen LogP contribution >= 0.6 is 0 Å². The molecule has 3 aromatic rings. The van der Waals surface area contributed by atoms with E-state index in [1.54, 1.807) is 24.3 Å². The molecule has 0 amide bonds. The molecule has 7 nitrogen and oxygen atoms in total. The van der Waals surface area contributed by atoms with Crippen LogP contribution in [-0.2, 0) is 6.42 Å². The SMILES string of the molecule is N#Cc1ccc(Cc2nc3ccc([N+](=O)[O-])cc3c(=O)[nH]2)cc1. The Hall–Kier alpha value is -3.53. The maximum Gasteiger partial charge on any atom is 0.270 e. The molecule has 1 heterocycles. The first-order valence-corrected chi connectivity index (χ1v) is 6.73. The summed E-state index contributed by atoms with van der Waals surface area (Å²) in [5.74, 6) is 0.459. The highest BCUT2D eigenvalue weighted by Crippen LogP contribution is 2.17. The van der Waals surface area contributed by atoms with E-state index in [0.29, 0.717) is 23.3 Å². The molecule has 0 aliphatic carbocycles. The van der Waals surface area contributed by atoms with Crippen LogP contribution in [0.3, 0.4) is 0 Å². The maximum atomic E-state index is 12.1. The minimum Gasteiger partial charge on any atom is -0.310 e. The van der Waals surface area contributed by atoms with Gasteiger partial charge in [0.15, 0.2) is 0 Å². The number of non-ortho nitro benzene ring substituents is 1. The normalized spacial score (nSPS) is 10.4. The molecule has 0 aliphatic rings. The molecule has 0 saturated heterocycles. The van der Waals surface area contributed by atoms with Crippen LogP contribution in [0, 0.1) is 21.4 Å². The first-order chi connectivity index (χ1) is 11.1. The second-order valence-corrected chi connectivity index (χ2v) is 4.96. The van der Waals surface area contributed by atoms with Crippen LogP contribution in [-0.4, -0.2) is 14.9 Å². The van der Waals surface area contributed by atoms with E-state index in [2.05, 4.69) is 9.97 Å². The monoisotopic (exact) mass is 306 g/mol. The Morgan fingerprint density at radius 1 is 1.22 bits per heavy atom. The number of nitro benzene ring substituents is 1. The van der Waals surface area contributed by atoms with Crippen molar-refractivity contribution in [1.82, 2.24) is 9.97 Å². The lowest BCUT2D eigenvalue weighted by molar-refractivity contribution is -0.384. The predicted molar refractivity (Wildman–Crippen MR) is 83.0 cm³/mol. The molecule has 0 fully saturated rings. The number of hydrogen-bond acceptors (Lipinski definition) is 5. The van der Waals surface area contributed by atoms with Gasteiger partial charge in [0.1, 0.15) is 5.82 Å². The summed E-state index contributed by atoms with van der Waals surface area (Å²) in [4.78, 5) is 29.3. The van der Waals surface area contributed by atoms with E-state index in [1.807, 2.05) is 6.07 Å². The van der Waals surface area contributed by atoms with Gasteiger partial charge in [0.25, 0.3) is 11.2 Å². The average molecular weight is 306 g/mol. The van der Waals surface area contributed by atoms with E-state index >= 15 is 0 Å². The zero-order chi connectivity index (χ0) is 16.4. The molecule has 0 aliphatic heterocycles. The van der Waals surface area contributed by atoms with Gasteiger partial charge in [-0.2, -0.15) is 5.26 Å². The van der Waals surface area contributed by atoms with E-state index in [4.69, 9.17) is 5.26 Å². The Morgan fingerprint density at radius 3 is 2.61 bits per heavy atom. The van der Waals surface area contributed by atoms with Crippen molar-refractivity contribution in [1.29, 1.82) is 5.26 Å². The van der Waals surface area contributed by atoms with Crippen LogP contribution in [0.25, 0.3) is 10.9 Å². The fourth-order valence-corrected chi connectivity index (χ4v) is 2.26. The van der Waals surface area contributed by atoms with Crippen LogP contribution in [0.4, 0.5) is 5.69 Å². The van der Waals surface area contributed by atoms with Gasteiger partial charge >= 0.3 is 0 Å². The molecule has 112 valence electrons. The summed E-state index contributed by atoms with van der Waals surface area (Å²) in [7, 11) is 0. The van der Waals surface area contributed by atoms with E-state index in [-0.39, 0.29) is 11.1 Å². The predicted octanol–water partition coefficient (Wildman–Crippen LogP) is 2.29. The van der Waals surface area contributed by atoms with Gasteiger partial charge in [-0.25, -0.2) is 4.98 Å². The number of nitrogens with one attached hydrogen (secondary N) is 1. The van der Waals surface area contributed by atoms with Crippen molar-refractivity contribution in [2.75, 3.05) is 0 Å². The van der Waals surface area contributed by atoms with Crippen LogP contribution in [0.5, 0.6) is 0 Å². The Balaban J connectivity index is 1.99. The number of nitriles is 1. The van der Waals surface area contributed by atoms with E-state index in [1.165, 1.54) is 18.2 Å². The van der Waals surface area contributed by atoms with Gasteiger partial charge in [-0.15, -0.1) is 0 Å². The third-order valence-electron chi connectivity index (χ3n) is 3.40. The third kappa shape index (κ3) is 2.91. The molecule has 1 aromatic heterocycles. The molecular formula is C16H10N4O3. The number of H-pyrrole nitrogens is 1. The van der Waals surface area contributed by atoms with Gasteiger partial charge in [0, 0.05) is 18.6 Å². The van der Waals surface area contributed by atoms with Crippen LogP contribution in [0.2, 0.25) is 0 Å². The zero-order valence-electron chi connectivity index (χ0n) is 11.8. The summed E-state index contributed by atoms with van der Waals surface area (Å²) >= 11 is 0. The molecule has 0 unspecified atom stereocenters. The van der Waals surface area contributed by atoms with E-state index in [9.17, 15) is 14.9 Å². The van der Waals surface area contributed by atoms with Crippen molar-refractivity contribution >= 4 is 16.6 Å². The molecule has 0 spiro atoms. The molecule has 23 heavy (non-hydrogen) atoms. The van der Waals surface area contributed by atoms with Gasteiger partial charge in [0.05, 0.1) is 27.5 Å². The van der Waals surface area contributed by atoms with Gasteiger partial charge < -0.3 is 4.98 Å². The Kier molecular flexibility index (Phi) is 3.57. The smallest absolute Gasteiger partial charge is 0.270 e. The molecular weight excluding hydrogens is 296 g/mol. The number of aromatic amines is 1. The lowest BCUT2D eigenvalue weighted by atomic mass is 10.1. The third-order valence-corrected chi connectivity index (χ3v) is 3.40. The summed E-state index contributed by atoms with van der Waals surface area (Å²) in [5.41, 5.74) is 1.30. The van der Waals surface area contributed by atoms with E-state index < -0.39 is 10.5 Å². The maximum absolute atomic E-state index is 12.1. The van der Waals surface area contributed by atoms with Crippen molar-refractivity contribution in [2.45, 2.75) is 6.42 Å². The van der Waals surface area contributed by atoms with Gasteiger partial charge in [-0.3, -0.25) is 14.9 Å². The summed E-state index contributed by atoms with van der Waals surface area (Å²) in [6, 6.07) is 13.0. The van der Waals surface area contributed by atoms with Crippen molar-refractivity contribution in [2.24, 2.45) is 0 Å². The first-order valence-electron chi connectivity index (χ1n) is 6.73. The van der Waals surface area contributed by atoms with Crippen molar-refractivity contribution in [3.8, 4) is 6.07 Å². The largest absolute Gasteiger partial charge is 0.310 e. The lowest BCUT2D eigenvalue weighted by Crippen LogP contribution is -2.12. The number of benzene rings is 2. The molecule has 2 aromatic carbocycles. The highest BCUT2D eigenvalue weighted by atomic mass is 16.6. The second-order valence-electron chi connectivity index (χ2n) is 4.96. The number of nitrogens with zero attached hydrogens (tertiary/aromatic N) is 3. The summed E-state index contributed by atoms with van der Waals surface area (Å²) < 4.78 is 0. The van der Waals surface area contributed by atoms with Crippen LogP contribution in [0.15, 0.2) is 47.3 Å². The van der Waals surface area contributed by atoms with Crippen LogP contribution in [0.1, 0.15) is 17.0 Å². The zero-order valence-corrected chi connectivity index (χ0v) is 11.8. The standard InChI is InChI=1S/C16H10N4O3/c17-9-11-3-1-10(2-4-11)7-15-18-14-6-5-12(20(22)23)8-13(14)16(21)19-15/h1-6,8H,7H2,(H,18,19,21). The van der Waals surface area contributed by atoms with E-state index in [0.717, 1.165) is 5.56 Å². The minimum atomic E-state index is -0.552. The quantitative estimate of drug-likeness (QED) is 0.589. The molecule has 0 saturated carbocycles. The first kappa shape index (κ1) is 14.4. The van der Waals surface area contributed by atoms with Crippen molar-refractivity contribution in [3.63, 3.8) is 0 Å². The summed E-state index contributed by atoms with van der Waals surface area (Å²) in [5, 5.41) is 19.7. The highest BCUT2D eigenvalue weighted by Gasteiger charge is 2.10. The lowest BCUT2D eigenvalue weighted by Gasteiger charge is -2.03. The molecule has 0 radical (unpaired) electrons. The second kappa shape index (κ2) is 5.69. The number of aromatic nitrogens is 2. The average Bonchev–Trinajstić information content (AvgIpc) is 2.55. The molecule has 7 heteroatoms. The number of nitro groups is 1. The van der Waals surface area contributed by atoms with Crippen LogP contribution < -0.4 is 5.56 Å².